The van der Waals surface area contributed by atoms with E-state index in [1.54, 1.807) is 0 Å². The monoisotopic (exact) mass is 171 g/mol. The minimum Gasteiger partial charge on any atom is -0.466 e. The molecule has 0 spiro atoms. The molecule has 1 aliphatic carbocycles. The van der Waals surface area contributed by atoms with Gasteiger partial charge in [0, 0.05) is 6.04 Å². The quantitative estimate of drug-likeness (QED) is 0.640. The van der Waals surface area contributed by atoms with Gasteiger partial charge in [-0.2, -0.15) is 0 Å². The summed E-state index contributed by atoms with van der Waals surface area (Å²) < 4.78 is 4.81. The Hall–Kier alpha value is -0.570. The van der Waals surface area contributed by atoms with Gasteiger partial charge in [-0.1, -0.05) is 6.92 Å². The first-order valence-corrected chi connectivity index (χ1v) is 4.56. The van der Waals surface area contributed by atoms with Crippen LogP contribution >= 0.6 is 0 Å². The summed E-state index contributed by atoms with van der Waals surface area (Å²) in [4.78, 5) is 11.0. The van der Waals surface area contributed by atoms with Crippen molar-refractivity contribution in [2.24, 2.45) is 17.6 Å². The summed E-state index contributed by atoms with van der Waals surface area (Å²) in [6, 6.07) is 0.0130. The average molecular weight is 171 g/mol. The van der Waals surface area contributed by atoms with E-state index >= 15 is 0 Å². The van der Waals surface area contributed by atoms with Crippen molar-refractivity contribution in [3.05, 3.63) is 0 Å². The maximum absolute atomic E-state index is 11.0. The van der Waals surface area contributed by atoms with Gasteiger partial charge < -0.3 is 10.5 Å². The predicted octanol–water partition coefficient (Wildman–Crippen LogP) is 0.923. The van der Waals surface area contributed by atoms with Gasteiger partial charge in [0.25, 0.3) is 0 Å². The third kappa shape index (κ3) is 2.48. The third-order valence-corrected chi connectivity index (χ3v) is 2.43. The van der Waals surface area contributed by atoms with Gasteiger partial charge in [-0.3, -0.25) is 4.79 Å². The van der Waals surface area contributed by atoms with Gasteiger partial charge in [-0.15, -0.1) is 0 Å². The fraction of sp³-hybridized carbons (Fsp3) is 0.889. The number of carbonyl (C=O) groups is 1. The topological polar surface area (TPSA) is 52.3 Å². The first-order valence-electron chi connectivity index (χ1n) is 4.56. The molecule has 0 aromatic heterocycles. The van der Waals surface area contributed by atoms with Gasteiger partial charge in [-0.05, 0) is 25.2 Å². The minimum atomic E-state index is -0.163. The summed E-state index contributed by atoms with van der Waals surface area (Å²) in [7, 11) is 0. The number of rotatable bonds is 4. The molecule has 12 heavy (non-hydrogen) atoms. The highest BCUT2D eigenvalue weighted by atomic mass is 16.5. The molecule has 2 N–H and O–H groups in total. The molecule has 3 unspecified atom stereocenters. The predicted molar refractivity (Wildman–Crippen MR) is 46.5 cm³/mol. The molecule has 0 aliphatic heterocycles. The summed E-state index contributed by atoms with van der Waals surface area (Å²) in [6.45, 7) is 4.42. The number of esters is 1. The SMILES string of the molecule is CCOC(=O)CC(N)C1CC1C. The Morgan fingerprint density at radius 1 is 1.75 bits per heavy atom. The molecule has 0 aromatic rings. The highest BCUT2D eigenvalue weighted by Crippen LogP contribution is 2.40. The van der Waals surface area contributed by atoms with Crippen LogP contribution in [-0.2, 0) is 9.53 Å². The molecule has 1 saturated carbocycles. The van der Waals surface area contributed by atoms with Crippen molar-refractivity contribution in [2.45, 2.75) is 32.7 Å². The first kappa shape index (κ1) is 9.52. The Morgan fingerprint density at radius 2 is 2.33 bits per heavy atom. The second-order valence-electron chi connectivity index (χ2n) is 3.55. The van der Waals surface area contributed by atoms with Crippen molar-refractivity contribution >= 4 is 5.97 Å². The van der Waals surface area contributed by atoms with E-state index in [4.69, 9.17) is 10.5 Å². The molecule has 0 aromatic carbocycles. The van der Waals surface area contributed by atoms with E-state index in [0.29, 0.717) is 24.9 Å². The molecule has 1 aliphatic rings. The molecule has 70 valence electrons. The van der Waals surface area contributed by atoms with Crippen LogP contribution in [0.1, 0.15) is 26.7 Å². The van der Waals surface area contributed by atoms with Crippen LogP contribution in [0.2, 0.25) is 0 Å². The number of ether oxygens (including phenoxy) is 1. The molecular formula is C9H17NO2. The Morgan fingerprint density at radius 3 is 2.75 bits per heavy atom. The van der Waals surface area contributed by atoms with Crippen LogP contribution in [0.15, 0.2) is 0 Å². The number of hydrogen-bond donors (Lipinski definition) is 1. The van der Waals surface area contributed by atoms with Crippen molar-refractivity contribution in [3.8, 4) is 0 Å². The standard InChI is InChI=1S/C9H17NO2/c1-3-12-9(11)5-8(10)7-4-6(7)2/h6-8H,3-5,10H2,1-2H3. The van der Waals surface area contributed by atoms with E-state index in [9.17, 15) is 4.79 Å². The van der Waals surface area contributed by atoms with Crippen LogP contribution in [0.3, 0.4) is 0 Å². The van der Waals surface area contributed by atoms with Gasteiger partial charge in [0.2, 0.25) is 0 Å². The van der Waals surface area contributed by atoms with E-state index in [1.807, 2.05) is 6.92 Å². The van der Waals surface area contributed by atoms with Crippen molar-refractivity contribution in [3.63, 3.8) is 0 Å². The molecule has 0 bridgehead atoms. The van der Waals surface area contributed by atoms with E-state index in [1.165, 1.54) is 6.42 Å². The highest BCUT2D eigenvalue weighted by Gasteiger charge is 2.38. The maximum atomic E-state index is 11.0. The number of hydrogen-bond acceptors (Lipinski definition) is 3. The summed E-state index contributed by atoms with van der Waals surface area (Å²) in [5.41, 5.74) is 5.80. The van der Waals surface area contributed by atoms with Crippen LogP contribution in [0.4, 0.5) is 0 Å². The van der Waals surface area contributed by atoms with Crippen molar-refractivity contribution in [1.29, 1.82) is 0 Å². The van der Waals surface area contributed by atoms with Crippen LogP contribution in [0.25, 0.3) is 0 Å². The van der Waals surface area contributed by atoms with Crippen molar-refractivity contribution in [2.75, 3.05) is 6.61 Å². The molecule has 0 amide bonds. The Kier molecular flexibility index (Phi) is 3.09. The smallest absolute Gasteiger partial charge is 0.307 e. The van der Waals surface area contributed by atoms with E-state index < -0.39 is 0 Å². The minimum absolute atomic E-state index is 0.0130. The number of nitrogens with two attached hydrogens (primary N) is 1. The van der Waals surface area contributed by atoms with Crippen LogP contribution in [0, 0.1) is 11.8 Å². The summed E-state index contributed by atoms with van der Waals surface area (Å²) in [5.74, 6) is 1.09. The Balaban J connectivity index is 2.17. The normalized spacial score (nSPS) is 29.6. The zero-order valence-electron chi connectivity index (χ0n) is 7.75. The summed E-state index contributed by atoms with van der Waals surface area (Å²) >= 11 is 0. The summed E-state index contributed by atoms with van der Waals surface area (Å²) in [6.07, 6.45) is 1.55. The summed E-state index contributed by atoms with van der Waals surface area (Å²) in [5, 5.41) is 0. The molecular weight excluding hydrogens is 154 g/mol. The fourth-order valence-corrected chi connectivity index (χ4v) is 1.51. The second-order valence-corrected chi connectivity index (χ2v) is 3.55. The molecule has 0 heterocycles. The van der Waals surface area contributed by atoms with E-state index in [-0.39, 0.29) is 12.0 Å². The van der Waals surface area contributed by atoms with E-state index in [0.717, 1.165) is 0 Å². The lowest BCUT2D eigenvalue weighted by Crippen LogP contribution is -2.27. The largest absolute Gasteiger partial charge is 0.466 e. The molecule has 1 rings (SSSR count). The Bertz CT molecular complexity index is 170. The molecule has 0 saturated heterocycles. The molecule has 3 nitrogen and oxygen atoms in total. The van der Waals surface area contributed by atoms with Gasteiger partial charge in [0.15, 0.2) is 0 Å². The second kappa shape index (κ2) is 3.90. The van der Waals surface area contributed by atoms with Gasteiger partial charge in [-0.25, -0.2) is 0 Å². The van der Waals surface area contributed by atoms with Gasteiger partial charge in [0.05, 0.1) is 13.0 Å². The van der Waals surface area contributed by atoms with Gasteiger partial charge >= 0.3 is 5.97 Å². The third-order valence-electron chi connectivity index (χ3n) is 2.43. The highest BCUT2D eigenvalue weighted by molar-refractivity contribution is 5.70. The van der Waals surface area contributed by atoms with Crippen LogP contribution < -0.4 is 5.73 Å². The molecule has 1 fully saturated rings. The average Bonchev–Trinajstić information content (AvgIpc) is 2.67. The number of carbonyl (C=O) groups excluding carboxylic acids is 1. The fourth-order valence-electron chi connectivity index (χ4n) is 1.51. The van der Waals surface area contributed by atoms with Crippen LogP contribution in [-0.4, -0.2) is 18.6 Å². The lowest BCUT2D eigenvalue weighted by Gasteiger charge is -2.09. The van der Waals surface area contributed by atoms with Crippen molar-refractivity contribution in [1.82, 2.24) is 0 Å². The molecule has 3 atom stereocenters. The lowest BCUT2D eigenvalue weighted by atomic mass is 10.1. The lowest BCUT2D eigenvalue weighted by molar-refractivity contribution is -0.143. The maximum Gasteiger partial charge on any atom is 0.307 e. The zero-order valence-corrected chi connectivity index (χ0v) is 7.75. The van der Waals surface area contributed by atoms with Crippen LogP contribution in [0.5, 0.6) is 0 Å². The molecule has 0 radical (unpaired) electrons. The van der Waals surface area contributed by atoms with Gasteiger partial charge in [0.1, 0.15) is 0 Å². The Labute approximate surface area is 73.3 Å². The molecule has 3 heteroatoms. The zero-order chi connectivity index (χ0) is 9.14. The van der Waals surface area contributed by atoms with Crippen molar-refractivity contribution < 1.29 is 9.53 Å². The first-order chi connectivity index (χ1) is 5.65. The van der Waals surface area contributed by atoms with E-state index in [2.05, 4.69) is 6.92 Å².